The van der Waals surface area contributed by atoms with E-state index in [1.54, 1.807) is 0 Å². The molecule has 0 aliphatic carbocycles. The molecule has 2 aromatic rings. The molecule has 1 N–H and O–H groups in total. The molecule has 0 spiro atoms. The molecule has 2 nitrogen and oxygen atoms in total. The first-order valence-corrected chi connectivity index (χ1v) is 6.93. The van der Waals surface area contributed by atoms with Gasteiger partial charge in [0.1, 0.15) is 5.82 Å². The molecule has 0 amide bonds. The zero-order valence-corrected chi connectivity index (χ0v) is 10.9. The van der Waals surface area contributed by atoms with Gasteiger partial charge in [-0.25, -0.2) is 0 Å². The molecule has 0 saturated heterocycles. The zero-order chi connectivity index (χ0) is 11.8. The van der Waals surface area contributed by atoms with Gasteiger partial charge in [0.15, 0.2) is 0 Å². The number of rotatable bonds is 2. The Labute approximate surface area is 106 Å². The molecule has 0 unspecified atom stereocenters. The van der Waals surface area contributed by atoms with Gasteiger partial charge in [-0.05, 0) is 38.1 Å². The van der Waals surface area contributed by atoms with Crippen molar-refractivity contribution in [2.45, 2.75) is 30.5 Å². The number of thioether (sulfide) groups is 1. The number of anilines is 1. The molecular weight excluding hydrogens is 228 g/mol. The minimum atomic E-state index is 0.454. The molecule has 17 heavy (non-hydrogen) atoms. The molecule has 3 heteroatoms. The number of benzene rings is 1. The third kappa shape index (κ3) is 1.84. The lowest BCUT2D eigenvalue weighted by Gasteiger charge is -2.22. The maximum absolute atomic E-state index is 3.51. The summed E-state index contributed by atoms with van der Waals surface area (Å²) in [7, 11) is 0. The highest BCUT2D eigenvalue weighted by Gasteiger charge is 2.18. The Morgan fingerprint density at radius 3 is 2.82 bits per heavy atom. The molecule has 0 bridgehead atoms. The minimum Gasteiger partial charge on any atom is -0.369 e. The first-order chi connectivity index (χ1) is 8.25. The molecule has 88 valence electrons. The van der Waals surface area contributed by atoms with Crippen molar-refractivity contribution in [1.29, 1.82) is 0 Å². The fourth-order valence-electron chi connectivity index (χ4n) is 2.20. The van der Waals surface area contributed by atoms with Crippen molar-refractivity contribution in [3.8, 4) is 5.69 Å². The molecule has 0 radical (unpaired) electrons. The van der Waals surface area contributed by atoms with Gasteiger partial charge in [0.05, 0.1) is 5.69 Å². The van der Waals surface area contributed by atoms with Crippen LogP contribution >= 0.6 is 11.8 Å². The van der Waals surface area contributed by atoms with Crippen LogP contribution in [0.15, 0.2) is 41.3 Å². The summed E-state index contributed by atoms with van der Waals surface area (Å²) in [5.41, 5.74) is 2.67. The van der Waals surface area contributed by atoms with E-state index in [0.29, 0.717) is 6.04 Å². The van der Waals surface area contributed by atoms with E-state index < -0.39 is 0 Å². The van der Waals surface area contributed by atoms with Crippen LogP contribution in [0.1, 0.15) is 19.5 Å². The number of nitrogens with one attached hydrogen (secondary N) is 1. The summed E-state index contributed by atoms with van der Waals surface area (Å²) in [5.74, 6) is 2.25. The van der Waals surface area contributed by atoms with Crippen molar-refractivity contribution >= 4 is 17.6 Å². The number of nitrogens with zero attached hydrogens (tertiary/aromatic N) is 1. The summed E-state index contributed by atoms with van der Waals surface area (Å²) in [6.07, 6.45) is 0. The van der Waals surface area contributed by atoms with E-state index in [-0.39, 0.29) is 0 Å². The zero-order valence-electron chi connectivity index (χ0n) is 10.1. The number of aromatic nitrogens is 1. The van der Waals surface area contributed by atoms with E-state index in [1.165, 1.54) is 22.1 Å². The highest BCUT2D eigenvalue weighted by atomic mass is 32.2. The van der Waals surface area contributed by atoms with E-state index in [9.17, 15) is 0 Å². The predicted octanol–water partition coefficient (Wildman–Crippen LogP) is 3.90. The Balaban J connectivity index is 2.12. The monoisotopic (exact) mass is 244 g/mol. The maximum atomic E-state index is 3.51. The third-order valence-electron chi connectivity index (χ3n) is 2.88. The molecule has 1 aliphatic rings. The summed E-state index contributed by atoms with van der Waals surface area (Å²) in [6, 6.07) is 13.4. The van der Waals surface area contributed by atoms with Gasteiger partial charge in [0, 0.05) is 22.4 Å². The summed E-state index contributed by atoms with van der Waals surface area (Å²) in [5, 5.41) is 3.51. The average Bonchev–Trinajstić information content (AvgIpc) is 2.72. The van der Waals surface area contributed by atoms with E-state index in [4.69, 9.17) is 0 Å². The quantitative estimate of drug-likeness (QED) is 0.862. The number of fused-ring (bicyclic) bond motifs is 3. The first-order valence-electron chi connectivity index (χ1n) is 5.95. The maximum Gasteiger partial charge on any atom is 0.110 e. The van der Waals surface area contributed by atoms with Crippen LogP contribution in [0, 0.1) is 0 Å². The lowest BCUT2D eigenvalue weighted by Crippen LogP contribution is -2.15. The van der Waals surface area contributed by atoms with Gasteiger partial charge in [0.2, 0.25) is 0 Å². The standard InChI is InChI=1S/C14H16N2S/c1-10(2)15-14-8-7-11-9-17-13-6-4-3-5-12(13)16(11)14/h3-8,10,15H,9H2,1-2H3. The number of hydrogen-bond acceptors (Lipinski definition) is 2. The van der Waals surface area contributed by atoms with Crippen LogP contribution in [0.3, 0.4) is 0 Å². The molecule has 3 rings (SSSR count). The number of hydrogen-bond donors (Lipinski definition) is 1. The summed E-state index contributed by atoms with van der Waals surface area (Å²) in [6.45, 7) is 4.34. The molecule has 0 atom stereocenters. The SMILES string of the molecule is CC(C)Nc1ccc2n1-c1ccccc1SC2. The fraction of sp³-hybridized carbons (Fsp3) is 0.286. The molecule has 0 fully saturated rings. The molecule has 1 aliphatic heterocycles. The Morgan fingerprint density at radius 1 is 1.18 bits per heavy atom. The smallest absolute Gasteiger partial charge is 0.110 e. The van der Waals surface area contributed by atoms with E-state index in [0.717, 1.165) is 5.75 Å². The van der Waals surface area contributed by atoms with Crippen LogP contribution in [-0.2, 0) is 5.75 Å². The topological polar surface area (TPSA) is 17.0 Å². The second kappa shape index (κ2) is 4.15. The largest absolute Gasteiger partial charge is 0.369 e. The van der Waals surface area contributed by atoms with Crippen LogP contribution < -0.4 is 5.32 Å². The Bertz CT molecular complexity index is 543. The summed E-state index contributed by atoms with van der Waals surface area (Å²) >= 11 is 1.91. The highest BCUT2D eigenvalue weighted by Crippen LogP contribution is 2.37. The summed E-state index contributed by atoms with van der Waals surface area (Å²) in [4.78, 5) is 1.36. The van der Waals surface area contributed by atoms with Crippen LogP contribution in [-0.4, -0.2) is 10.6 Å². The normalized spacial score (nSPS) is 13.4. The van der Waals surface area contributed by atoms with Crippen molar-refractivity contribution in [3.05, 3.63) is 42.1 Å². The lowest BCUT2D eigenvalue weighted by molar-refractivity contribution is 0.861. The third-order valence-corrected chi connectivity index (χ3v) is 3.98. The predicted molar refractivity (Wildman–Crippen MR) is 74.1 cm³/mol. The van der Waals surface area contributed by atoms with Gasteiger partial charge >= 0.3 is 0 Å². The van der Waals surface area contributed by atoms with Gasteiger partial charge < -0.3 is 5.32 Å². The second-order valence-electron chi connectivity index (χ2n) is 4.60. The van der Waals surface area contributed by atoms with Crippen molar-refractivity contribution < 1.29 is 0 Å². The van der Waals surface area contributed by atoms with Crippen LogP contribution in [0.2, 0.25) is 0 Å². The molecule has 1 aromatic heterocycles. The van der Waals surface area contributed by atoms with Crippen LogP contribution in [0.5, 0.6) is 0 Å². The van der Waals surface area contributed by atoms with Gasteiger partial charge in [0.25, 0.3) is 0 Å². The van der Waals surface area contributed by atoms with Gasteiger partial charge in [-0.3, -0.25) is 4.57 Å². The Kier molecular flexibility index (Phi) is 2.63. The molecular formula is C14H16N2S. The molecule has 1 aromatic carbocycles. The van der Waals surface area contributed by atoms with Crippen molar-refractivity contribution in [2.75, 3.05) is 5.32 Å². The van der Waals surface area contributed by atoms with Crippen LogP contribution in [0.25, 0.3) is 5.69 Å². The first kappa shape index (κ1) is 10.8. The van der Waals surface area contributed by atoms with Gasteiger partial charge in [-0.15, -0.1) is 11.8 Å². The molecule has 2 heterocycles. The van der Waals surface area contributed by atoms with Crippen molar-refractivity contribution in [1.82, 2.24) is 4.57 Å². The van der Waals surface area contributed by atoms with E-state index in [2.05, 4.69) is 60.1 Å². The van der Waals surface area contributed by atoms with Crippen LogP contribution in [0.4, 0.5) is 5.82 Å². The minimum absolute atomic E-state index is 0.454. The molecule has 0 saturated carbocycles. The Morgan fingerprint density at radius 2 is 2.00 bits per heavy atom. The average molecular weight is 244 g/mol. The van der Waals surface area contributed by atoms with Gasteiger partial charge in [-0.2, -0.15) is 0 Å². The van der Waals surface area contributed by atoms with Crippen molar-refractivity contribution in [2.24, 2.45) is 0 Å². The Hall–Kier alpha value is -1.35. The lowest BCUT2D eigenvalue weighted by atomic mass is 10.3. The summed E-state index contributed by atoms with van der Waals surface area (Å²) < 4.78 is 2.34. The fourth-order valence-corrected chi connectivity index (χ4v) is 3.21. The van der Waals surface area contributed by atoms with Crippen molar-refractivity contribution in [3.63, 3.8) is 0 Å². The van der Waals surface area contributed by atoms with E-state index >= 15 is 0 Å². The van der Waals surface area contributed by atoms with E-state index in [1.807, 2.05) is 11.8 Å². The second-order valence-corrected chi connectivity index (χ2v) is 5.62. The number of para-hydroxylation sites is 1. The highest BCUT2D eigenvalue weighted by molar-refractivity contribution is 7.98. The van der Waals surface area contributed by atoms with Gasteiger partial charge in [-0.1, -0.05) is 12.1 Å².